The normalized spacial score (nSPS) is 19.2. The van der Waals surface area contributed by atoms with Gasteiger partial charge in [-0.3, -0.25) is 0 Å². The molecule has 1 aliphatic heterocycles. The number of phenolic OH excluding ortho intramolecular Hbond substituents is 1. The molecule has 0 aliphatic carbocycles. The van der Waals surface area contributed by atoms with E-state index in [2.05, 4.69) is 15.3 Å². The molecule has 4 rings (SSSR count). The molecule has 2 heterocycles. The smallest absolute Gasteiger partial charge is 0.341 e. The summed E-state index contributed by atoms with van der Waals surface area (Å²) in [5.74, 6) is 0.718. The largest absolute Gasteiger partial charge is 0.506 e. The maximum Gasteiger partial charge on any atom is 0.341 e. The number of urea groups is 1. The van der Waals surface area contributed by atoms with Gasteiger partial charge in [-0.05, 0) is 24.1 Å². The highest BCUT2D eigenvalue weighted by Gasteiger charge is 2.37. The molecular weight excluding hydrogens is 378 g/mol. The maximum atomic E-state index is 12.1. The molecule has 2 aromatic carbocycles. The molecule has 6 nitrogen and oxygen atoms in total. The van der Waals surface area contributed by atoms with Gasteiger partial charge in [0.2, 0.25) is 5.89 Å². The van der Waals surface area contributed by atoms with Crippen molar-refractivity contribution < 1.29 is 14.3 Å². The van der Waals surface area contributed by atoms with Gasteiger partial charge in [-0.2, -0.15) is 0 Å². The number of amides is 2. The number of phenols is 1. The Bertz CT molecular complexity index is 1050. The number of aromatic hydroxyl groups is 1. The van der Waals surface area contributed by atoms with Crippen LogP contribution in [-0.2, 0) is 0 Å². The number of carbonyl (C=O) groups excluding carboxylic acids is 1. The zero-order valence-electron chi connectivity index (χ0n) is 15.1. The third kappa shape index (κ3) is 3.39. The standard InChI is InChI=1S/C21H18ClN3O3/c1-2-15-18(20-23-11-17(28-20)12-6-4-3-5-7-12)19(25-21(27)24-15)13-8-9-16(26)14(22)10-13/h3-11,18-19,26H,2H2,1H3,(H,25,27). The second kappa shape index (κ2) is 7.48. The van der Waals surface area contributed by atoms with Crippen molar-refractivity contribution in [2.24, 2.45) is 4.99 Å². The van der Waals surface area contributed by atoms with Crippen molar-refractivity contribution in [3.8, 4) is 17.1 Å². The molecule has 1 aromatic heterocycles. The lowest BCUT2D eigenvalue weighted by molar-refractivity contribution is 0.241. The van der Waals surface area contributed by atoms with E-state index in [4.69, 9.17) is 16.0 Å². The number of aliphatic imine (C=N–C) groups is 1. The van der Waals surface area contributed by atoms with Crippen LogP contribution in [0, 0.1) is 0 Å². The highest BCUT2D eigenvalue weighted by Crippen LogP contribution is 2.38. The Balaban J connectivity index is 1.78. The average molecular weight is 396 g/mol. The van der Waals surface area contributed by atoms with E-state index in [9.17, 15) is 9.90 Å². The molecule has 142 valence electrons. The van der Waals surface area contributed by atoms with E-state index in [1.165, 1.54) is 6.07 Å². The number of nitrogens with one attached hydrogen (secondary N) is 1. The first kappa shape index (κ1) is 18.3. The molecule has 2 unspecified atom stereocenters. The summed E-state index contributed by atoms with van der Waals surface area (Å²) >= 11 is 6.09. The molecule has 0 radical (unpaired) electrons. The number of hydrogen-bond donors (Lipinski definition) is 2. The molecule has 0 saturated carbocycles. The topological polar surface area (TPSA) is 87.7 Å². The summed E-state index contributed by atoms with van der Waals surface area (Å²) in [5.41, 5.74) is 2.33. The minimum atomic E-state index is -0.458. The second-order valence-corrected chi connectivity index (χ2v) is 6.91. The van der Waals surface area contributed by atoms with Crippen LogP contribution in [-0.4, -0.2) is 21.8 Å². The third-order valence-electron chi connectivity index (χ3n) is 4.76. The lowest BCUT2D eigenvalue weighted by Gasteiger charge is -2.30. The van der Waals surface area contributed by atoms with Gasteiger partial charge in [0.1, 0.15) is 5.75 Å². The second-order valence-electron chi connectivity index (χ2n) is 6.50. The van der Waals surface area contributed by atoms with Crippen LogP contribution in [0.1, 0.15) is 36.8 Å². The van der Waals surface area contributed by atoms with E-state index in [0.29, 0.717) is 23.8 Å². The van der Waals surface area contributed by atoms with Gasteiger partial charge in [-0.15, -0.1) is 0 Å². The average Bonchev–Trinajstić information content (AvgIpc) is 3.19. The van der Waals surface area contributed by atoms with Gasteiger partial charge in [0.05, 0.1) is 23.2 Å². The first-order valence-electron chi connectivity index (χ1n) is 8.94. The number of carbonyl (C=O) groups is 1. The van der Waals surface area contributed by atoms with Crippen molar-refractivity contribution in [1.29, 1.82) is 0 Å². The maximum absolute atomic E-state index is 12.1. The number of rotatable bonds is 4. The van der Waals surface area contributed by atoms with Crippen molar-refractivity contribution in [3.63, 3.8) is 0 Å². The van der Waals surface area contributed by atoms with Crippen LogP contribution in [0.4, 0.5) is 4.79 Å². The van der Waals surface area contributed by atoms with Gasteiger partial charge in [0, 0.05) is 11.3 Å². The molecule has 0 bridgehead atoms. The molecule has 0 saturated heterocycles. The van der Waals surface area contributed by atoms with Crippen LogP contribution in [0.2, 0.25) is 5.02 Å². The molecular formula is C21H18ClN3O3. The molecule has 0 spiro atoms. The molecule has 2 atom stereocenters. The number of hydrogen-bond acceptors (Lipinski definition) is 4. The summed E-state index contributed by atoms with van der Waals surface area (Å²) in [6, 6.07) is 13.7. The van der Waals surface area contributed by atoms with Crippen molar-refractivity contribution in [2.75, 3.05) is 0 Å². The molecule has 2 amide bonds. The zero-order chi connectivity index (χ0) is 19.7. The van der Waals surface area contributed by atoms with E-state index in [0.717, 1.165) is 11.1 Å². The van der Waals surface area contributed by atoms with Crippen LogP contribution in [0.15, 0.2) is 64.1 Å². The number of nitrogens with zero attached hydrogens (tertiary/aromatic N) is 2. The van der Waals surface area contributed by atoms with Crippen LogP contribution in [0.25, 0.3) is 11.3 Å². The Hall–Kier alpha value is -3.12. The van der Waals surface area contributed by atoms with Gasteiger partial charge in [-0.25, -0.2) is 14.8 Å². The van der Waals surface area contributed by atoms with E-state index in [1.807, 2.05) is 37.3 Å². The lowest BCUT2D eigenvalue weighted by atomic mass is 9.86. The minimum Gasteiger partial charge on any atom is -0.506 e. The van der Waals surface area contributed by atoms with Gasteiger partial charge in [0.15, 0.2) is 5.76 Å². The first-order chi connectivity index (χ1) is 13.6. The number of aromatic nitrogens is 1. The quantitative estimate of drug-likeness (QED) is 0.643. The van der Waals surface area contributed by atoms with Crippen LogP contribution >= 0.6 is 11.6 Å². The lowest BCUT2D eigenvalue weighted by Crippen LogP contribution is -2.39. The fourth-order valence-corrected chi connectivity index (χ4v) is 3.57. The summed E-state index contributed by atoms with van der Waals surface area (Å²) in [5, 5.41) is 12.8. The summed E-state index contributed by atoms with van der Waals surface area (Å²) in [6.45, 7) is 1.94. The predicted octanol–water partition coefficient (Wildman–Crippen LogP) is 5.10. The monoisotopic (exact) mass is 395 g/mol. The predicted molar refractivity (Wildman–Crippen MR) is 107 cm³/mol. The molecule has 1 aliphatic rings. The number of halogens is 1. The fourth-order valence-electron chi connectivity index (χ4n) is 3.38. The minimum absolute atomic E-state index is 0.0176. The Labute approximate surface area is 166 Å². The van der Waals surface area contributed by atoms with Crippen LogP contribution in [0.3, 0.4) is 0 Å². The highest BCUT2D eigenvalue weighted by molar-refractivity contribution is 6.32. The van der Waals surface area contributed by atoms with E-state index >= 15 is 0 Å². The first-order valence-corrected chi connectivity index (χ1v) is 9.32. The molecule has 0 fully saturated rings. The van der Waals surface area contributed by atoms with E-state index in [1.54, 1.807) is 18.3 Å². The van der Waals surface area contributed by atoms with Crippen LogP contribution < -0.4 is 5.32 Å². The summed E-state index contributed by atoms with van der Waals surface area (Å²) in [4.78, 5) is 20.8. The van der Waals surface area contributed by atoms with Gasteiger partial charge >= 0.3 is 6.03 Å². The van der Waals surface area contributed by atoms with Crippen molar-refractivity contribution >= 4 is 23.3 Å². The van der Waals surface area contributed by atoms with Crippen molar-refractivity contribution in [3.05, 3.63) is 71.2 Å². The van der Waals surface area contributed by atoms with Crippen molar-refractivity contribution in [2.45, 2.75) is 25.3 Å². The van der Waals surface area contributed by atoms with E-state index in [-0.39, 0.29) is 16.7 Å². The summed E-state index contributed by atoms with van der Waals surface area (Å²) < 4.78 is 6.06. The zero-order valence-corrected chi connectivity index (χ0v) is 15.8. The van der Waals surface area contributed by atoms with Gasteiger partial charge in [-0.1, -0.05) is 54.9 Å². The van der Waals surface area contributed by atoms with Crippen molar-refractivity contribution in [1.82, 2.24) is 10.3 Å². The summed E-state index contributed by atoms with van der Waals surface area (Å²) in [7, 11) is 0. The fraction of sp³-hybridized carbons (Fsp3) is 0.190. The molecule has 3 aromatic rings. The number of oxazole rings is 1. The Morgan fingerprint density at radius 3 is 2.71 bits per heavy atom. The Morgan fingerprint density at radius 2 is 2.00 bits per heavy atom. The van der Waals surface area contributed by atoms with Crippen LogP contribution in [0.5, 0.6) is 5.75 Å². The highest BCUT2D eigenvalue weighted by atomic mass is 35.5. The molecule has 7 heteroatoms. The molecule has 2 N–H and O–H groups in total. The molecule has 28 heavy (non-hydrogen) atoms. The van der Waals surface area contributed by atoms with Gasteiger partial charge < -0.3 is 14.8 Å². The summed E-state index contributed by atoms with van der Waals surface area (Å²) in [6.07, 6.45) is 2.25. The van der Waals surface area contributed by atoms with E-state index < -0.39 is 12.1 Å². The Kier molecular flexibility index (Phi) is 4.88. The SMILES string of the molecule is CCC1=NC(=O)NC(c2ccc(O)c(Cl)c2)C1c1ncc(-c2ccccc2)o1. The number of benzene rings is 2. The third-order valence-corrected chi connectivity index (χ3v) is 5.06. The van der Waals surface area contributed by atoms with Gasteiger partial charge in [0.25, 0.3) is 0 Å². The Morgan fingerprint density at radius 1 is 1.21 bits per heavy atom.